The van der Waals surface area contributed by atoms with Gasteiger partial charge in [0.15, 0.2) is 0 Å². The first kappa shape index (κ1) is 17.8. The van der Waals surface area contributed by atoms with Crippen LogP contribution in [-0.4, -0.2) is 41.8 Å². The van der Waals surface area contributed by atoms with Crippen LogP contribution in [0.5, 0.6) is 5.75 Å². The van der Waals surface area contributed by atoms with E-state index in [-0.39, 0.29) is 18.0 Å². The lowest BCUT2D eigenvalue weighted by molar-refractivity contribution is -0.123. The van der Waals surface area contributed by atoms with Crippen LogP contribution < -0.4 is 15.4 Å². The van der Waals surface area contributed by atoms with E-state index >= 15 is 0 Å². The molecule has 25 heavy (non-hydrogen) atoms. The molecule has 3 rings (SSSR count). The standard InChI is InChI=1S/C18H23N3O3S/c1-10(20-17(23)15-8-13(22)9-19-15)16-11(2)21-18(25-16)12-4-6-14(24-3)7-5-12/h4-7,10,13,15,19,22H,8-9H2,1-3H3,(H,20,23). The Morgan fingerprint density at radius 3 is 2.76 bits per heavy atom. The molecular weight excluding hydrogens is 338 g/mol. The Labute approximate surface area is 151 Å². The molecule has 3 unspecified atom stereocenters. The normalized spacial score (nSPS) is 21.1. The average Bonchev–Trinajstić information content (AvgIpc) is 3.21. The number of hydrogen-bond donors (Lipinski definition) is 3. The minimum Gasteiger partial charge on any atom is -0.497 e. The van der Waals surface area contributed by atoms with Crippen molar-refractivity contribution < 1.29 is 14.6 Å². The molecule has 1 aromatic carbocycles. The minimum atomic E-state index is -0.446. The number of nitrogens with zero attached hydrogens (tertiary/aromatic N) is 1. The third-order valence-electron chi connectivity index (χ3n) is 4.35. The maximum atomic E-state index is 12.3. The van der Waals surface area contributed by atoms with Crippen molar-refractivity contribution in [1.82, 2.24) is 15.6 Å². The predicted molar refractivity (Wildman–Crippen MR) is 97.8 cm³/mol. The summed E-state index contributed by atoms with van der Waals surface area (Å²) in [6.07, 6.45) is 0.00926. The van der Waals surface area contributed by atoms with Gasteiger partial charge in [-0.1, -0.05) is 0 Å². The highest BCUT2D eigenvalue weighted by Gasteiger charge is 2.29. The summed E-state index contributed by atoms with van der Waals surface area (Å²) in [4.78, 5) is 18.0. The van der Waals surface area contributed by atoms with Gasteiger partial charge in [-0.05, 0) is 44.5 Å². The smallest absolute Gasteiger partial charge is 0.237 e. The Bertz CT molecular complexity index is 745. The second-order valence-electron chi connectivity index (χ2n) is 6.28. The number of thiazole rings is 1. The van der Waals surface area contributed by atoms with Crippen LogP contribution in [0.3, 0.4) is 0 Å². The summed E-state index contributed by atoms with van der Waals surface area (Å²) in [6, 6.07) is 7.33. The molecule has 2 heterocycles. The number of β-amino-alcohol motifs (C(OH)–C–C–N with tert-alkyl or cyclic N) is 1. The average molecular weight is 361 g/mol. The fraction of sp³-hybridized carbons (Fsp3) is 0.444. The zero-order valence-electron chi connectivity index (χ0n) is 14.6. The van der Waals surface area contributed by atoms with E-state index in [1.54, 1.807) is 18.4 Å². The molecule has 2 aromatic rings. The molecule has 0 bridgehead atoms. The van der Waals surface area contributed by atoms with Crippen LogP contribution in [0.1, 0.15) is 30.0 Å². The van der Waals surface area contributed by atoms with Gasteiger partial charge in [0.05, 0.1) is 35.9 Å². The first-order valence-electron chi connectivity index (χ1n) is 8.31. The fourth-order valence-electron chi connectivity index (χ4n) is 2.96. The number of hydrogen-bond acceptors (Lipinski definition) is 6. The SMILES string of the molecule is COc1ccc(-c2nc(C)c(C(C)NC(=O)C3CC(O)CN3)s2)cc1. The summed E-state index contributed by atoms with van der Waals surface area (Å²) in [5.41, 5.74) is 1.95. The van der Waals surface area contributed by atoms with E-state index in [9.17, 15) is 9.90 Å². The topological polar surface area (TPSA) is 83.5 Å². The van der Waals surface area contributed by atoms with Crippen molar-refractivity contribution in [3.05, 3.63) is 34.8 Å². The highest BCUT2D eigenvalue weighted by Crippen LogP contribution is 2.32. The van der Waals surface area contributed by atoms with Gasteiger partial charge in [-0.25, -0.2) is 4.98 Å². The third kappa shape index (κ3) is 4.00. The van der Waals surface area contributed by atoms with Crippen LogP contribution in [0.25, 0.3) is 10.6 Å². The second kappa shape index (κ2) is 7.51. The van der Waals surface area contributed by atoms with Crippen molar-refractivity contribution >= 4 is 17.2 Å². The van der Waals surface area contributed by atoms with E-state index in [0.717, 1.165) is 26.9 Å². The fourth-order valence-corrected chi connectivity index (χ4v) is 4.04. The monoisotopic (exact) mass is 361 g/mol. The quantitative estimate of drug-likeness (QED) is 0.759. The lowest BCUT2D eigenvalue weighted by Gasteiger charge is -2.16. The van der Waals surface area contributed by atoms with Crippen LogP contribution in [0.2, 0.25) is 0 Å². The van der Waals surface area contributed by atoms with Crippen molar-refractivity contribution in [2.75, 3.05) is 13.7 Å². The van der Waals surface area contributed by atoms with Crippen LogP contribution >= 0.6 is 11.3 Å². The molecule has 134 valence electrons. The number of benzene rings is 1. The Hall–Kier alpha value is -1.96. The Morgan fingerprint density at radius 1 is 1.44 bits per heavy atom. The molecular formula is C18H23N3O3S. The molecule has 0 saturated carbocycles. The first-order chi connectivity index (χ1) is 12.0. The minimum absolute atomic E-state index is 0.0807. The maximum Gasteiger partial charge on any atom is 0.237 e. The number of rotatable bonds is 5. The molecule has 3 atom stereocenters. The number of carbonyl (C=O) groups excluding carboxylic acids is 1. The number of aliphatic hydroxyl groups excluding tert-OH is 1. The number of aryl methyl sites for hydroxylation is 1. The largest absolute Gasteiger partial charge is 0.497 e. The van der Waals surface area contributed by atoms with Crippen LogP contribution in [0.15, 0.2) is 24.3 Å². The lowest BCUT2D eigenvalue weighted by Crippen LogP contribution is -2.41. The van der Waals surface area contributed by atoms with Gasteiger partial charge >= 0.3 is 0 Å². The zero-order valence-corrected chi connectivity index (χ0v) is 15.4. The van der Waals surface area contributed by atoms with Gasteiger partial charge in [0.1, 0.15) is 10.8 Å². The van der Waals surface area contributed by atoms with Gasteiger partial charge in [-0.3, -0.25) is 4.79 Å². The molecule has 0 spiro atoms. The van der Waals surface area contributed by atoms with Crippen molar-refractivity contribution in [2.24, 2.45) is 0 Å². The van der Waals surface area contributed by atoms with Crippen molar-refractivity contribution in [3.63, 3.8) is 0 Å². The first-order valence-corrected chi connectivity index (χ1v) is 9.13. The third-order valence-corrected chi connectivity index (χ3v) is 5.73. The van der Waals surface area contributed by atoms with E-state index in [1.807, 2.05) is 38.1 Å². The molecule has 0 aliphatic carbocycles. The molecule has 6 nitrogen and oxygen atoms in total. The van der Waals surface area contributed by atoms with Crippen LogP contribution in [0, 0.1) is 6.92 Å². The van der Waals surface area contributed by atoms with Crippen molar-refractivity contribution in [1.29, 1.82) is 0 Å². The summed E-state index contributed by atoms with van der Waals surface area (Å²) in [6.45, 7) is 4.38. The van der Waals surface area contributed by atoms with E-state index in [0.29, 0.717) is 13.0 Å². The second-order valence-corrected chi connectivity index (χ2v) is 7.31. The van der Waals surface area contributed by atoms with Crippen LogP contribution in [-0.2, 0) is 4.79 Å². The molecule has 1 aromatic heterocycles. The maximum absolute atomic E-state index is 12.3. The Kier molecular flexibility index (Phi) is 5.36. The number of aromatic nitrogens is 1. The number of carbonyl (C=O) groups is 1. The number of methoxy groups -OCH3 is 1. The summed E-state index contributed by atoms with van der Waals surface area (Å²) < 4.78 is 5.18. The summed E-state index contributed by atoms with van der Waals surface area (Å²) >= 11 is 1.58. The molecule has 3 N–H and O–H groups in total. The number of ether oxygens (including phenoxy) is 1. The van der Waals surface area contributed by atoms with Gasteiger partial charge in [-0.2, -0.15) is 0 Å². The summed E-state index contributed by atoms with van der Waals surface area (Å²) in [5.74, 6) is 0.729. The number of aliphatic hydroxyl groups is 1. The van der Waals surface area contributed by atoms with E-state index < -0.39 is 6.10 Å². The Morgan fingerprint density at radius 2 is 2.16 bits per heavy atom. The molecule has 1 saturated heterocycles. The Balaban J connectivity index is 1.71. The van der Waals surface area contributed by atoms with Crippen molar-refractivity contribution in [2.45, 2.75) is 38.5 Å². The predicted octanol–water partition coefficient (Wildman–Crippen LogP) is 2.03. The molecule has 7 heteroatoms. The van der Waals surface area contributed by atoms with Gasteiger partial charge in [0.2, 0.25) is 5.91 Å². The lowest BCUT2D eigenvalue weighted by atomic mass is 10.1. The van der Waals surface area contributed by atoms with Gasteiger partial charge < -0.3 is 20.5 Å². The summed E-state index contributed by atoms with van der Waals surface area (Å²) in [7, 11) is 1.64. The highest BCUT2D eigenvalue weighted by atomic mass is 32.1. The van der Waals surface area contributed by atoms with E-state index in [2.05, 4.69) is 15.6 Å². The summed E-state index contributed by atoms with van der Waals surface area (Å²) in [5, 5.41) is 16.5. The van der Waals surface area contributed by atoms with Gasteiger partial charge in [0.25, 0.3) is 0 Å². The number of amides is 1. The van der Waals surface area contributed by atoms with Gasteiger partial charge in [0, 0.05) is 12.1 Å². The van der Waals surface area contributed by atoms with E-state index in [4.69, 9.17) is 4.74 Å². The van der Waals surface area contributed by atoms with Crippen molar-refractivity contribution in [3.8, 4) is 16.3 Å². The molecule has 1 amide bonds. The van der Waals surface area contributed by atoms with Gasteiger partial charge in [-0.15, -0.1) is 11.3 Å². The zero-order chi connectivity index (χ0) is 18.0. The molecule has 1 aliphatic rings. The van der Waals surface area contributed by atoms with Crippen LogP contribution in [0.4, 0.5) is 0 Å². The van der Waals surface area contributed by atoms with E-state index in [1.165, 1.54) is 0 Å². The molecule has 1 aliphatic heterocycles. The molecule has 1 fully saturated rings. The highest BCUT2D eigenvalue weighted by molar-refractivity contribution is 7.15. The number of nitrogens with one attached hydrogen (secondary N) is 2. The molecule has 0 radical (unpaired) electrons.